The second-order valence-electron chi connectivity index (χ2n) is 2.72. The Hall–Kier alpha value is 0.930. The van der Waals surface area contributed by atoms with Crippen LogP contribution in [0.25, 0.3) is 0 Å². The van der Waals surface area contributed by atoms with Crippen molar-refractivity contribution in [3.05, 3.63) is 0 Å². The number of hydrogen-bond donors (Lipinski definition) is 0. The van der Waals surface area contributed by atoms with Crippen molar-refractivity contribution in [2.45, 2.75) is 34.1 Å². The highest BCUT2D eigenvalue weighted by Gasteiger charge is 2.44. The normalized spacial score (nSPS) is 56.7. The maximum absolute atomic E-state index is 5.99. The average molecular weight is 183 g/mol. The molecule has 2 bridgehead atoms. The molecule has 4 atom stereocenters. The van der Waals surface area contributed by atoms with E-state index in [1.165, 1.54) is 0 Å². The third-order valence-electron chi connectivity index (χ3n) is 2.07. The van der Waals surface area contributed by atoms with Gasteiger partial charge in [0, 0.05) is 21.3 Å². The van der Waals surface area contributed by atoms with E-state index >= 15 is 0 Å². The fourth-order valence-corrected chi connectivity index (χ4v) is 4.36. The molecule has 0 aromatic carbocycles. The van der Waals surface area contributed by atoms with Gasteiger partial charge in [-0.25, -0.2) is 0 Å². The Morgan fingerprint density at radius 3 is 1.67 bits per heavy atom. The summed E-state index contributed by atoms with van der Waals surface area (Å²) in [5, 5.41) is 2.16. The Morgan fingerprint density at radius 1 is 1.00 bits per heavy atom. The largest absolute Gasteiger partial charge is 0.152 e. The molecule has 0 radical (unpaired) electrons. The molecule has 2 aliphatic rings. The molecule has 0 N–H and O–H groups in total. The Bertz CT molecular complexity index is 110. The van der Waals surface area contributed by atoms with Gasteiger partial charge in [0.2, 0.25) is 0 Å². The zero-order valence-corrected chi connectivity index (χ0v) is 7.22. The lowest BCUT2D eigenvalue weighted by Gasteiger charge is -2.16. The van der Waals surface area contributed by atoms with Crippen LogP contribution in [0.3, 0.4) is 0 Å². The highest BCUT2D eigenvalue weighted by molar-refractivity contribution is 8.01. The van der Waals surface area contributed by atoms with E-state index in [-0.39, 0.29) is 0 Å². The Balaban J connectivity index is 2.10. The summed E-state index contributed by atoms with van der Waals surface area (Å²) < 4.78 is 0. The number of halogens is 2. The molecule has 0 amide bonds. The summed E-state index contributed by atoms with van der Waals surface area (Å²) in [6.07, 6.45) is 2.26. The topological polar surface area (TPSA) is 0 Å². The van der Waals surface area contributed by atoms with Crippen LogP contribution in [-0.2, 0) is 0 Å². The molecular weight excluding hydrogens is 175 g/mol. The molecule has 3 heteroatoms. The maximum Gasteiger partial charge on any atom is 0.0466 e. The van der Waals surface area contributed by atoms with Crippen molar-refractivity contribution in [1.29, 1.82) is 0 Å². The fourth-order valence-electron chi connectivity index (χ4n) is 1.55. The van der Waals surface area contributed by atoms with Crippen LogP contribution < -0.4 is 0 Å². The van der Waals surface area contributed by atoms with E-state index in [0.29, 0.717) is 21.3 Å². The number of hydrogen-bond acceptors (Lipinski definition) is 1. The first-order valence-electron chi connectivity index (χ1n) is 3.21. The van der Waals surface area contributed by atoms with Gasteiger partial charge < -0.3 is 0 Å². The van der Waals surface area contributed by atoms with Gasteiger partial charge in [-0.3, -0.25) is 0 Å². The van der Waals surface area contributed by atoms with Crippen LogP contribution in [0.5, 0.6) is 0 Å². The van der Waals surface area contributed by atoms with E-state index in [1.807, 2.05) is 11.8 Å². The van der Waals surface area contributed by atoms with Gasteiger partial charge in [-0.1, -0.05) is 0 Å². The predicted octanol–water partition coefficient (Wildman–Crippen LogP) is 2.48. The third kappa shape index (κ3) is 0.979. The van der Waals surface area contributed by atoms with Crippen molar-refractivity contribution in [1.82, 2.24) is 0 Å². The Kier molecular flexibility index (Phi) is 1.63. The first-order valence-corrected chi connectivity index (χ1v) is 5.02. The smallest absolute Gasteiger partial charge is 0.0466 e. The minimum Gasteiger partial charge on any atom is -0.152 e. The first kappa shape index (κ1) is 6.63. The van der Waals surface area contributed by atoms with E-state index in [9.17, 15) is 0 Å². The quantitative estimate of drug-likeness (QED) is 0.520. The van der Waals surface area contributed by atoms with Crippen molar-refractivity contribution in [3.8, 4) is 0 Å². The molecule has 0 aliphatic carbocycles. The summed E-state index contributed by atoms with van der Waals surface area (Å²) in [5.74, 6) is 0. The monoisotopic (exact) mass is 182 g/mol. The van der Waals surface area contributed by atoms with Crippen LogP contribution in [0, 0.1) is 0 Å². The SMILES string of the molecule is Cl[C@@H]1C[C@H]2S[C@@H]1C[C@H]2Cl. The lowest BCUT2D eigenvalue weighted by Crippen LogP contribution is -2.23. The molecule has 0 spiro atoms. The molecule has 0 aromatic rings. The van der Waals surface area contributed by atoms with Crippen molar-refractivity contribution in [3.63, 3.8) is 0 Å². The van der Waals surface area contributed by atoms with Crippen molar-refractivity contribution < 1.29 is 0 Å². The van der Waals surface area contributed by atoms with E-state index in [4.69, 9.17) is 23.2 Å². The first-order chi connectivity index (χ1) is 4.27. The standard InChI is InChI=1S/C6H8Cl2S/c7-3-1-5-4(8)2-6(3)9-5/h3-6H,1-2H2/t3-,4-,5-,6-/m1/s1. The van der Waals surface area contributed by atoms with Crippen LogP contribution in [0.1, 0.15) is 12.8 Å². The van der Waals surface area contributed by atoms with Gasteiger partial charge >= 0.3 is 0 Å². The van der Waals surface area contributed by atoms with Gasteiger partial charge in [0.05, 0.1) is 0 Å². The predicted molar refractivity (Wildman–Crippen MR) is 43.7 cm³/mol. The van der Waals surface area contributed by atoms with E-state index in [1.54, 1.807) is 0 Å². The van der Waals surface area contributed by atoms with Crippen LogP contribution in [0.15, 0.2) is 0 Å². The van der Waals surface area contributed by atoms with Crippen molar-refractivity contribution in [2.75, 3.05) is 0 Å². The Morgan fingerprint density at radius 2 is 1.44 bits per heavy atom. The molecule has 2 aliphatic heterocycles. The summed E-state index contributed by atoms with van der Waals surface area (Å²) in [7, 11) is 0. The minimum atomic E-state index is 0.412. The summed E-state index contributed by atoms with van der Waals surface area (Å²) in [4.78, 5) is 0. The van der Waals surface area contributed by atoms with Gasteiger partial charge in [-0.2, -0.15) is 11.8 Å². The van der Waals surface area contributed by atoms with Gasteiger partial charge in [0.25, 0.3) is 0 Å². The van der Waals surface area contributed by atoms with Crippen molar-refractivity contribution >= 4 is 35.0 Å². The number of thioether (sulfide) groups is 1. The maximum atomic E-state index is 5.99. The van der Waals surface area contributed by atoms with Crippen LogP contribution in [0.2, 0.25) is 0 Å². The third-order valence-corrected chi connectivity index (χ3v) is 5.08. The molecule has 9 heavy (non-hydrogen) atoms. The lowest BCUT2D eigenvalue weighted by molar-refractivity contribution is 0.590. The Labute approximate surface area is 69.3 Å². The van der Waals surface area contributed by atoms with Crippen LogP contribution in [-0.4, -0.2) is 21.3 Å². The van der Waals surface area contributed by atoms with Gasteiger partial charge in [0.15, 0.2) is 0 Å². The fraction of sp³-hybridized carbons (Fsp3) is 1.00. The second-order valence-corrected chi connectivity index (χ2v) is 5.32. The van der Waals surface area contributed by atoms with Crippen LogP contribution in [0.4, 0.5) is 0 Å². The molecule has 2 rings (SSSR count). The van der Waals surface area contributed by atoms with E-state index < -0.39 is 0 Å². The highest BCUT2D eigenvalue weighted by Crippen LogP contribution is 2.50. The second kappa shape index (κ2) is 2.21. The molecule has 0 aromatic heterocycles. The van der Waals surface area contributed by atoms with Gasteiger partial charge in [-0.05, 0) is 12.8 Å². The number of alkyl halides is 2. The summed E-state index contributed by atoms with van der Waals surface area (Å²) in [6, 6.07) is 0. The zero-order chi connectivity index (χ0) is 6.43. The molecule has 2 saturated heterocycles. The highest BCUT2D eigenvalue weighted by atomic mass is 35.5. The van der Waals surface area contributed by atoms with Crippen molar-refractivity contribution in [2.24, 2.45) is 0 Å². The molecule has 52 valence electrons. The summed E-state index contributed by atoms with van der Waals surface area (Å²) in [5.41, 5.74) is 0. The average Bonchev–Trinajstić information content (AvgIpc) is 2.24. The van der Waals surface area contributed by atoms with E-state index in [2.05, 4.69) is 0 Å². The molecule has 2 heterocycles. The van der Waals surface area contributed by atoms with Gasteiger partial charge in [-0.15, -0.1) is 23.2 Å². The van der Waals surface area contributed by atoms with Gasteiger partial charge in [0.1, 0.15) is 0 Å². The summed E-state index contributed by atoms with van der Waals surface area (Å²) in [6.45, 7) is 0. The van der Waals surface area contributed by atoms with E-state index in [0.717, 1.165) is 12.8 Å². The minimum absolute atomic E-state index is 0.412. The molecule has 2 fully saturated rings. The molecule has 0 nitrogen and oxygen atoms in total. The lowest BCUT2D eigenvalue weighted by atomic mass is 10.00. The number of fused-ring (bicyclic) bond motifs is 2. The van der Waals surface area contributed by atoms with Crippen LogP contribution >= 0.6 is 35.0 Å². The summed E-state index contributed by atoms with van der Waals surface area (Å²) >= 11 is 14.0. The number of rotatable bonds is 0. The molecule has 0 saturated carbocycles. The molecular formula is C6H8Cl2S. The zero-order valence-electron chi connectivity index (χ0n) is 4.89. The molecule has 0 unspecified atom stereocenters.